The largest absolute Gasteiger partial charge is 0.743 e. The number of allylic oxidation sites excluding steroid dienone is 2. The average molecular weight is 339 g/mol. The number of fused-ring (bicyclic) bond motifs is 9. The highest BCUT2D eigenvalue weighted by Crippen LogP contribution is 2.76. The van der Waals surface area contributed by atoms with E-state index in [1.807, 2.05) is 6.08 Å². The Labute approximate surface area is 125 Å². The third-order valence-electron chi connectivity index (χ3n) is 6.54. The quantitative estimate of drug-likeness (QED) is 0.343. The highest BCUT2D eigenvalue weighted by atomic mass is 32.2. The summed E-state index contributed by atoms with van der Waals surface area (Å²) < 4.78 is 89.4. The van der Waals surface area contributed by atoms with Crippen LogP contribution in [0.2, 0.25) is 0 Å². The molecule has 4 bridgehead atoms. The summed E-state index contributed by atoms with van der Waals surface area (Å²) >= 11 is 0. The lowest BCUT2D eigenvalue weighted by atomic mass is 9.63. The maximum atomic E-state index is 14.7. The van der Waals surface area contributed by atoms with Gasteiger partial charge in [-0.2, -0.15) is 17.6 Å². The van der Waals surface area contributed by atoms with Gasteiger partial charge >= 0.3 is 11.2 Å². The van der Waals surface area contributed by atoms with E-state index in [0.29, 0.717) is 19.3 Å². The Hall–Kier alpha value is -0.630. The van der Waals surface area contributed by atoms with E-state index in [9.17, 15) is 30.5 Å². The van der Waals surface area contributed by atoms with Gasteiger partial charge in [0, 0.05) is 5.41 Å². The Balaban J connectivity index is 1.84. The molecule has 4 aliphatic carbocycles. The van der Waals surface area contributed by atoms with Crippen molar-refractivity contribution in [3.63, 3.8) is 0 Å². The second-order valence-corrected chi connectivity index (χ2v) is 8.66. The van der Waals surface area contributed by atoms with E-state index < -0.39 is 32.6 Å². The highest BCUT2D eigenvalue weighted by molar-refractivity contribution is 7.86. The second kappa shape index (κ2) is 3.88. The molecule has 22 heavy (non-hydrogen) atoms. The van der Waals surface area contributed by atoms with Crippen LogP contribution in [0.4, 0.5) is 17.6 Å². The molecule has 3 fully saturated rings. The molecule has 0 radical (unpaired) electrons. The first-order valence-corrected chi connectivity index (χ1v) is 8.84. The smallest absolute Gasteiger partial charge is 0.396 e. The van der Waals surface area contributed by atoms with E-state index in [1.54, 1.807) is 0 Å². The Morgan fingerprint density at radius 3 is 2.55 bits per heavy atom. The summed E-state index contributed by atoms with van der Waals surface area (Å²) in [7, 11) is -6.42. The molecule has 0 aromatic rings. The number of alkyl halides is 4. The summed E-state index contributed by atoms with van der Waals surface area (Å²) in [4.78, 5) is 0. The van der Waals surface area contributed by atoms with Crippen LogP contribution < -0.4 is 0 Å². The zero-order valence-electron chi connectivity index (χ0n) is 11.6. The minimum Gasteiger partial charge on any atom is -0.743 e. The van der Waals surface area contributed by atoms with Gasteiger partial charge in [0.15, 0.2) is 10.1 Å². The van der Waals surface area contributed by atoms with E-state index in [4.69, 9.17) is 0 Å². The predicted molar refractivity (Wildman–Crippen MR) is 67.2 cm³/mol. The fraction of sp³-hybridized carbons (Fsp3) is 0.857. The van der Waals surface area contributed by atoms with E-state index >= 15 is 0 Å². The van der Waals surface area contributed by atoms with Crippen molar-refractivity contribution in [1.29, 1.82) is 0 Å². The lowest BCUT2D eigenvalue weighted by Gasteiger charge is -2.47. The fourth-order valence-electron chi connectivity index (χ4n) is 5.90. The van der Waals surface area contributed by atoms with E-state index in [-0.39, 0.29) is 30.6 Å². The molecule has 3 nitrogen and oxygen atoms in total. The Bertz CT molecular complexity index is 672. The third kappa shape index (κ3) is 1.40. The molecule has 0 amide bonds. The van der Waals surface area contributed by atoms with Crippen LogP contribution in [0, 0.1) is 29.1 Å². The summed E-state index contributed by atoms with van der Waals surface area (Å²) in [6.07, 6.45) is 3.43. The first-order valence-electron chi connectivity index (χ1n) is 7.43. The van der Waals surface area contributed by atoms with Gasteiger partial charge in [-0.15, -0.1) is 0 Å². The zero-order valence-corrected chi connectivity index (χ0v) is 12.4. The molecule has 0 spiro atoms. The number of hydrogen-bond acceptors (Lipinski definition) is 3. The normalized spacial score (nSPS) is 43.6. The predicted octanol–water partition coefficient (Wildman–Crippen LogP) is 3.14. The molecule has 5 atom stereocenters. The summed E-state index contributed by atoms with van der Waals surface area (Å²) in [6, 6.07) is 0. The maximum absolute atomic E-state index is 14.7. The van der Waals surface area contributed by atoms with Crippen LogP contribution in [0.15, 0.2) is 11.6 Å². The molecular weight excluding hydrogens is 324 g/mol. The lowest BCUT2D eigenvalue weighted by molar-refractivity contribution is -0.247. The van der Waals surface area contributed by atoms with Gasteiger partial charge in [0.1, 0.15) is 0 Å². The molecule has 0 aromatic heterocycles. The van der Waals surface area contributed by atoms with E-state index in [2.05, 4.69) is 0 Å². The Morgan fingerprint density at radius 1 is 1.23 bits per heavy atom. The minimum atomic E-state index is -6.42. The molecule has 4 aliphatic rings. The van der Waals surface area contributed by atoms with Crippen LogP contribution in [0.1, 0.15) is 32.1 Å². The first kappa shape index (κ1) is 14.9. The molecule has 4 rings (SSSR count). The molecule has 0 aromatic carbocycles. The van der Waals surface area contributed by atoms with Crippen LogP contribution in [-0.2, 0) is 10.1 Å². The van der Waals surface area contributed by atoms with Crippen molar-refractivity contribution in [2.24, 2.45) is 29.1 Å². The topological polar surface area (TPSA) is 57.2 Å². The standard InChI is InChI=1S/C14H16F4O3S/c15-13(16,14(17,18)22(19,20)21)12-4-3-9(6-12)10-7-1-2-8(5-7)11(10)12/h1,8-11H,2-6H2,(H,19,20,21)/p-1. The van der Waals surface area contributed by atoms with Crippen molar-refractivity contribution in [2.45, 2.75) is 43.3 Å². The molecular formula is C14H15F4O3S-. The minimum absolute atomic E-state index is 0.0856. The highest BCUT2D eigenvalue weighted by Gasteiger charge is 2.80. The molecule has 3 saturated carbocycles. The van der Waals surface area contributed by atoms with Gasteiger partial charge in [0.2, 0.25) is 0 Å². The molecule has 124 valence electrons. The van der Waals surface area contributed by atoms with Crippen LogP contribution >= 0.6 is 0 Å². The van der Waals surface area contributed by atoms with Gasteiger partial charge in [-0.25, -0.2) is 8.42 Å². The molecule has 8 heteroatoms. The van der Waals surface area contributed by atoms with Gasteiger partial charge in [-0.1, -0.05) is 11.6 Å². The third-order valence-corrected chi connectivity index (χ3v) is 7.43. The van der Waals surface area contributed by atoms with Crippen molar-refractivity contribution >= 4 is 10.1 Å². The van der Waals surface area contributed by atoms with Crippen LogP contribution in [0.3, 0.4) is 0 Å². The molecule has 5 unspecified atom stereocenters. The van der Waals surface area contributed by atoms with E-state index in [0.717, 1.165) is 5.57 Å². The van der Waals surface area contributed by atoms with Crippen LogP contribution in [0.5, 0.6) is 0 Å². The van der Waals surface area contributed by atoms with Crippen molar-refractivity contribution < 1.29 is 30.5 Å². The van der Waals surface area contributed by atoms with Crippen LogP contribution in [-0.4, -0.2) is 24.1 Å². The number of hydrogen-bond donors (Lipinski definition) is 0. The van der Waals surface area contributed by atoms with Gasteiger partial charge in [-0.05, 0) is 55.8 Å². The monoisotopic (exact) mass is 339 g/mol. The molecule has 0 saturated heterocycles. The number of rotatable bonds is 3. The van der Waals surface area contributed by atoms with Crippen molar-refractivity contribution in [3.05, 3.63) is 11.6 Å². The second-order valence-electron chi connectivity index (χ2n) is 7.23. The SMILES string of the molecule is O=S(=O)([O-])C(F)(F)C(F)(F)C12CCC(C1)C1C3=CCC(C3)C12. The van der Waals surface area contributed by atoms with Crippen molar-refractivity contribution in [2.75, 3.05) is 0 Å². The average Bonchev–Trinajstić information content (AvgIpc) is 3.15. The maximum Gasteiger partial charge on any atom is 0.396 e. The van der Waals surface area contributed by atoms with Crippen molar-refractivity contribution in [3.8, 4) is 0 Å². The van der Waals surface area contributed by atoms with Gasteiger partial charge in [0.05, 0.1) is 0 Å². The summed E-state index contributed by atoms with van der Waals surface area (Å²) in [6.45, 7) is 0. The summed E-state index contributed by atoms with van der Waals surface area (Å²) in [5.74, 6) is -5.75. The van der Waals surface area contributed by atoms with Crippen LogP contribution in [0.25, 0.3) is 0 Å². The molecule has 0 heterocycles. The van der Waals surface area contributed by atoms with Gasteiger partial charge in [-0.3, -0.25) is 0 Å². The molecule has 0 N–H and O–H groups in total. The van der Waals surface area contributed by atoms with Crippen molar-refractivity contribution in [1.82, 2.24) is 0 Å². The lowest BCUT2D eigenvalue weighted by Crippen LogP contribution is -2.59. The first-order chi connectivity index (χ1) is 10.0. The zero-order chi connectivity index (χ0) is 16.1. The Kier molecular flexibility index (Phi) is 2.63. The molecule has 0 aliphatic heterocycles. The summed E-state index contributed by atoms with van der Waals surface area (Å²) in [5, 5.41) is -5.56. The summed E-state index contributed by atoms with van der Waals surface area (Å²) in [5.41, 5.74) is -0.977. The van der Waals surface area contributed by atoms with Gasteiger partial charge in [0.25, 0.3) is 0 Å². The van der Waals surface area contributed by atoms with E-state index in [1.165, 1.54) is 0 Å². The Morgan fingerprint density at radius 2 is 1.91 bits per heavy atom. The van der Waals surface area contributed by atoms with Gasteiger partial charge < -0.3 is 4.55 Å². The fourth-order valence-corrected chi connectivity index (χ4v) is 6.42. The number of halogens is 4.